The van der Waals surface area contributed by atoms with Crippen LogP contribution in [0.25, 0.3) is 11.0 Å². The second-order valence-electron chi connectivity index (χ2n) is 6.79. The zero-order valence-corrected chi connectivity index (χ0v) is 15.4. The number of benzene rings is 1. The van der Waals surface area contributed by atoms with E-state index in [-0.39, 0.29) is 29.5 Å². The van der Waals surface area contributed by atoms with Crippen LogP contribution in [0, 0.1) is 0 Å². The molecule has 3 aromatic rings. The molecule has 2 aromatic heterocycles. The number of amides is 1. The minimum atomic E-state index is -0.328. The van der Waals surface area contributed by atoms with Gasteiger partial charge in [-0.2, -0.15) is 10.1 Å². The number of aromatic amines is 1. The highest BCUT2D eigenvalue weighted by Gasteiger charge is 2.20. The maximum absolute atomic E-state index is 12.2. The number of carbonyl (C=O) groups excluding carboxylic acids is 1. The average molecular weight is 375 g/mol. The van der Waals surface area contributed by atoms with Crippen molar-refractivity contribution in [2.75, 3.05) is 17.2 Å². The number of hydrogen-bond donors (Lipinski definition) is 3. The second-order valence-corrected chi connectivity index (χ2v) is 7.22. The Balaban J connectivity index is 1.75. The van der Waals surface area contributed by atoms with Crippen LogP contribution in [0.2, 0.25) is 5.02 Å². The Morgan fingerprint density at radius 2 is 1.96 bits per heavy atom. The SMILES string of the molecule is CC(C)(C)n1ncc2c(=O)[nH]c(NCC(=O)Nc3ccc(Cl)cc3)nc21. The van der Waals surface area contributed by atoms with Crippen LogP contribution in [0.1, 0.15) is 20.8 Å². The molecule has 0 atom stereocenters. The normalized spacial score (nSPS) is 11.5. The third-order valence-corrected chi connectivity index (χ3v) is 3.87. The first-order valence-electron chi connectivity index (χ1n) is 8.02. The number of carbonyl (C=O) groups is 1. The summed E-state index contributed by atoms with van der Waals surface area (Å²) in [4.78, 5) is 31.3. The molecule has 3 rings (SSSR count). The fourth-order valence-corrected chi connectivity index (χ4v) is 2.52. The summed E-state index contributed by atoms with van der Waals surface area (Å²) in [6.45, 7) is 5.85. The number of fused-ring (bicyclic) bond motifs is 1. The van der Waals surface area contributed by atoms with E-state index in [1.807, 2.05) is 20.8 Å². The van der Waals surface area contributed by atoms with Crippen molar-refractivity contribution in [3.63, 3.8) is 0 Å². The zero-order valence-electron chi connectivity index (χ0n) is 14.6. The first-order valence-corrected chi connectivity index (χ1v) is 8.39. The molecule has 2 heterocycles. The molecular formula is C17H19ClN6O2. The van der Waals surface area contributed by atoms with Gasteiger partial charge in [-0.1, -0.05) is 11.6 Å². The van der Waals surface area contributed by atoms with E-state index in [0.29, 0.717) is 21.7 Å². The van der Waals surface area contributed by atoms with Gasteiger partial charge < -0.3 is 10.6 Å². The Morgan fingerprint density at radius 3 is 2.62 bits per heavy atom. The van der Waals surface area contributed by atoms with Gasteiger partial charge in [0.05, 0.1) is 18.3 Å². The van der Waals surface area contributed by atoms with Crippen LogP contribution in [-0.2, 0) is 10.3 Å². The van der Waals surface area contributed by atoms with E-state index < -0.39 is 0 Å². The van der Waals surface area contributed by atoms with Crippen LogP contribution >= 0.6 is 11.6 Å². The van der Waals surface area contributed by atoms with Gasteiger partial charge in [0, 0.05) is 10.7 Å². The lowest BCUT2D eigenvalue weighted by atomic mass is 10.1. The first kappa shape index (κ1) is 17.9. The van der Waals surface area contributed by atoms with E-state index in [9.17, 15) is 9.59 Å². The third kappa shape index (κ3) is 3.85. The van der Waals surface area contributed by atoms with Crippen molar-refractivity contribution in [1.82, 2.24) is 19.7 Å². The summed E-state index contributed by atoms with van der Waals surface area (Å²) in [6.07, 6.45) is 1.49. The van der Waals surface area contributed by atoms with Crippen molar-refractivity contribution in [3.8, 4) is 0 Å². The molecule has 3 N–H and O–H groups in total. The molecule has 0 fully saturated rings. The fourth-order valence-electron chi connectivity index (χ4n) is 2.40. The van der Waals surface area contributed by atoms with Crippen LogP contribution in [-0.4, -0.2) is 32.2 Å². The van der Waals surface area contributed by atoms with Gasteiger partial charge in [0.15, 0.2) is 5.65 Å². The van der Waals surface area contributed by atoms with Gasteiger partial charge >= 0.3 is 0 Å². The molecule has 136 valence electrons. The van der Waals surface area contributed by atoms with Gasteiger partial charge in [-0.3, -0.25) is 14.6 Å². The van der Waals surface area contributed by atoms with Crippen molar-refractivity contribution in [3.05, 3.63) is 45.8 Å². The molecule has 26 heavy (non-hydrogen) atoms. The maximum Gasteiger partial charge on any atom is 0.263 e. The molecule has 9 heteroatoms. The summed E-state index contributed by atoms with van der Waals surface area (Å²) >= 11 is 5.81. The number of nitrogens with zero attached hydrogens (tertiary/aromatic N) is 3. The summed E-state index contributed by atoms with van der Waals surface area (Å²) in [5.41, 5.74) is 0.447. The summed E-state index contributed by atoms with van der Waals surface area (Å²) in [5, 5.41) is 10.8. The molecular weight excluding hydrogens is 356 g/mol. The lowest BCUT2D eigenvalue weighted by Crippen LogP contribution is -2.26. The summed E-state index contributed by atoms with van der Waals surface area (Å²) in [7, 11) is 0. The van der Waals surface area contributed by atoms with E-state index in [1.165, 1.54) is 6.20 Å². The Kier molecular flexibility index (Phi) is 4.69. The molecule has 1 amide bonds. The number of hydrogen-bond acceptors (Lipinski definition) is 5. The Morgan fingerprint density at radius 1 is 1.27 bits per heavy atom. The fraction of sp³-hybridized carbons (Fsp3) is 0.294. The molecule has 0 spiro atoms. The van der Waals surface area contributed by atoms with Crippen LogP contribution < -0.4 is 16.2 Å². The highest BCUT2D eigenvalue weighted by atomic mass is 35.5. The van der Waals surface area contributed by atoms with Crippen molar-refractivity contribution in [1.29, 1.82) is 0 Å². The predicted octanol–water partition coefficient (Wildman–Crippen LogP) is 2.58. The van der Waals surface area contributed by atoms with Gasteiger partial charge in [0.1, 0.15) is 5.39 Å². The standard InChI is InChI=1S/C17H19ClN6O2/c1-17(2,3)24-14-12(8-20-24)15(26)23-16(22-14)19-9-13(25)21-11-6-4-10(18)5-7-11/h4-8H,9H2,1-3H3,(H,21,25)(H2,19,22,23,26). The van der Waals surface area contributed by atoms with Crippen LogP contribution in [0.3, 0.4) is 0 Å². The van der Waals surface area contributed by atoms with E-state index in [4.69, 9.17) is 11.6 Å². The predicted molar refractivity (Wildman–Crippen MR) is 102 cm³/mol. The molecule has 1 aromatic carbocycles. The van der Waals surface area contributed by atoms with Gasteiger partial charge in [-0.05, 0) is 45.0 Å². The van der Waals surface area contributed by atoms with Gasteiger partial charge in [-0.25, -0.2) is 4.68 Å². The monoisotopic (exact) mass is 374 g/mol. The average Bonchev–Trinajstić information content (AvgIpc) is 3.00. The topological polar surface area (TPSA) is 105 Å². The largest absolute Gasteiger partial charge is 0.347 e. The van der Waals surface area contributed by atoms with Crippen molar-refractivity contribution in [2.24, 2.45) is 0 Å². The van der Waals surface area contributed by atoms with E-state index in [1.54, 1.807) is 28.9 Å². The van der Waals surface area contributed by atoms with E-state index >= 15 is 0 Å². The van der Waals surface area contributed by atoms with Crippen LogP contribution in [0.4, 0.5) is 11.6 Å². The lowest BCUT2D eigenvalue weighted by molar-refractivity contribution is -0.114. The van der Waals surface area contributed by atoms with Gasteiger partial charge in [-0.15, -0.1) is 0 Å². The smallest absolute Gasteiger partial charge is 0.263 e. The van der Waals surface area contributed by atoms with Crippen molar-refractivity contribution >= 4 is 40.2 Å². The quantitative estimate of drug-likeness (QED) is 0.651. The number of nitrogens with one attached hydrogen (secondary N) is 3. The summed E-state index contributed by atoms with van der Waals surface area (Å²) in [6, 6.07) is 6.78. The van der Waals surface area contributed by atoms with Gasteiger partial charge in [0.2, 0.25) is 11.9 Å². The Bertz CT molecular complexity index is 1000. The van der Waals surface area contributed by atoms with E-state index in [0.717, 1.165) is 0 Å². The van der Waals surface area contributed by atoms with Crippen molar-refractivity contribution in [2.45, 2.75) is 26.3 Å². The molecule has 0 saturated heterocycles. The maximum atomic E-state index is 12.2. The Labute approximate surface area is 154 Å². The summed E-state index contributed by atoms with van der Waals surface area (Å²) < 4.78 is 1.68. The Hall–Kier alpha value is -2.87. The van der Waals surface area contributed by atoms with Gasteiger partial charge in [0.25, 0.3) is 5.56 Å². The van der Waals surface area contributed by atoms with Crippen molar-refractivity contribution < 1.29 is 4.79 Å². The van der Waals surface area contributed by atoms with Crippen LogP contribution in [0.5, 0.6) is 0 Å². The number of anilines is 2. The molecule has 0 aliphatic carbocycles. The molecule has 0 aliphatic rings. The lowest BCUT2D eigenvalue weighted by Gasteiger charge is -2.19. The molecule has 0 bridgehead atoms. The highest BCUT2D eigenvalue weighted by Crippen LogP contribution is 2.18. The second kappa shape index (κ2) is 6.80. The number of aromatic nitrogens is 4. The minimum absolute atomic E-state index is 0.0548. The highest BCUT2D eigenvalue weighted by molar-refractivity contribution is 6.30. The van der Waals surface area contributed by atoms with Crippen LogP contribution in [0.15, 0.2) is 35.3 Å². The first-order chi connectivity index (χ1) is 12.2. The minimum Gasteiger partial charge on any atom is -0.347 e. The van der Waals surface area contributed by atoms with E-state index in [2.05, 4.69) is 25.7 Å². The number of halogens is 1. The third-order valence-electron chi connectivity index (χ3n) is 3.62. The molecule has 0 saturated carbocycles. The molecule has 8 nitrogen and oxygen atoms in total. The zero-order chi connectivity index (χ0) is 18.9. The summed E-state index contributed by atoms with van der Waals surface area (Å²) in [5.74, 6) is -0.0702. The molecule has 0 unspecified atom stereocenters. The molecule has 0 radical (unpaired) electrons. The molecule has 0 aliphatic heterocycles. The number of H-pyrrole nitrogens is 1. The number of rotatable bonds is 4.